The third-order valence-corrected chi connectivity index (χ3v) is 4.17. The zero-order valence-electron chi connectivity index (χ0n) is 11.2. The third-order valence-electron chi connectivity index (χ3n) is 2.70. The molecular weight excluding hydrogens is 290 g/mol. The number of imidazole rings is 1. The van der Waals surface area contributed by atoms with Crippen LogP contribution in [0.1, 0.15) is 5.56 Å². The molecule has 2 aromatic rings. The summed E-state index contributed by atoms with van der Waals surface area (Å²) in [7, 11) is -3.53. The van der Waals surface area contributed by atoms with E-state index in [0.717, 1.165) is 0 Å². The van der Waals surface area contributed by atoms with E-state index in [0.29, 0.717) is 12.1 Å². The predicted molar refractivity (Wildman–Crippen MR) is 77.8 cm³/mol. The molecule has 0 spiro atoms. The lowest BCUT2D eigenvalue weighted by atomic mass is 10.2. The van der Waals surface area contributed by atoms with Crippen LogP contribution in [0, 0.1) is 11.8 Å². The van der Waals surface area contributed by atoms with Gasteiger partial charge in [0, 0.05) is 31.0 Å². The molecule has 0 aliphatic rings. The zero-order chi connectivity index (χ0) is 15.1. The quantitative estimate of drug-likeness (QED) is 0.773. The van der Waals surface area contributed by atoms with Crippen LogP contribution in [0.4, 0.5) is 0 Å². The maximum absolute atomic E-state index is 12.1. The van der Waals surface area contributed by atoms with Crippen LogP contribution in [0.25, 0.3) is 0 Å². The van der Waals surface area contributed by atoms with E-state index in [4.69, 9.17) is 5.11 Å². The van der Waals surface area contributed by atoms with Crippen molar-refractivity contribution in [2.24, 2.45) is 0 Å². The number of nitrogens with zero attached hydrogens (tertiary/aromatic N) is 2. The van der Waals surface area contributed by atoms with Gasteiger partial charge < -0.3 is 9.67 Å². The van der Waals surface area contributed by atoms with Crippen molar-refractivity contribution in [1.29, 1.82) is 0 Å². The van der Waals surface area contributed by atoms with E-state index in [-0.39, 0.29) is 18.0 Å². The van der Waals surface area contributed by atoms with E-state index >= 15 is 0 Å². The van der Waals surface area contributed by atoms with Crippen molar-refractivity contribution >= 4 is 10.0 Å². The molecule has 1 heterocycles. The van der Waals surface area contributed by atoms with Gasteiger partial charge >= 0.3 is 0 Å². The van der Waals surface area contributed by atoms with Gasteiger partial charge in [-0.2, -0.15) is 0 Å². The number of nitrogens with one attached hydrogen (secondary N) is 1. The first-order valence-electron chi connectivity index (χ1n) is 6.27. The van der Waals surface area contributed by atoms with E-state index in [9.17, 15) is 8.42 Å². The van der Waals surface area contributed by atoms with Crippen LogP contribution in [0.3, 0.4) is 0 Å². The van der Waals surface area contributed by atoms with Crippen molar-refractivity contribution in [1.82, 2.24) is 14.3 Å². The Morgan fingerprint density at radius 1 is 1.29 bits per heavy atom. The summed E-state index contributed by atoms with van der Waals surface area (Å²) in [6.45, 7) is 0.569. The van der Waals surface area contributed by atoms with Crippen LogP contribution in [-0.4, -0.2) is 36.2 Å². The fraction of sp³-hybridized carbons (Fsp3) is 0.214. The Kier molecular flexibility index (Phi) is 5.11. The molecule has 2 rings (SSSR count). The van der Waals surface area contributed by atoms with E-state index in [1.54, 1.807) is 35.4 Å². The maximum Gasteiger partial charge on any atom is 0.240 e. The minimum absolute atomic E-state index is 0.183. The van der Waals surface area contributed by atoms with Crippen molar-refractivity contribution in [3.8, 4) is 11.8 Å². The van der Waals surface area contributed by atoms with Crippen LogP contribution in [0.5, 0.6) is 0 Å². The SMILES string of the molecule is O=S(=O)(NCCn1ccnc1)c1ccc(C#CCO)cc1. The van der Waals surface area contributed by atoms with Gasteiger partial charge in [0.1, 0.15) is 6.61 Å². The van der Waals surface area contributed by atoms with Gasteiger partial charge in [-0.15, -0.1) is 0 Å². The first kappa shape index (κ1) is 15.3. The summed E-state index contributed by atoms with van der Waals surface area (Å²) in [5.74, 6) is 5.21. The van der Waals surface area contributed by atoms with Gasteiger partial charge in [-0.05, 0) is 24.3 Å². The number of rotatable bonds is 5. The molecule has 0 amide bonds. The number of benzene rings is 1. The Labute approximate surface area is 123 Å². The Bertz CT molecular complexity index is 726. The van der Waals surface area contributed by atoms with Crippen molar-refractivity contribution in [2.75, 3.05) is 13.2 Å². The predicted octanol–water partition coefficient (Wildman–Crippen LogP) is 0.205. The Morgan fingerprint density at radius 2 is 2.05 bits per heavy atom. The van der Waals surface area contributed by atoms with E-state index in [2.05, 4.69) is 21.5 Å². The Morgan fingerprint density at radius 3 is 2.67 bits per heavy atom. The fourth-order valence-corrected chi connectivity index (χ4v) is 2.69. The number of aliphatic hydroxyl groups excluding tert-OH is 1. The van der Waals surface area contributed by atoms with E-state index in [1.807, 2.05) is 0 Å². The maximum atomic E-state index is 12.1. The molecule has 1 aromatic heterocycles. The van der Waals surface area contributed by atoms with Gasteiger partial charge in [-0.25, -0.2) is 18.1 Å². The first-order valence-corrected chi connectivity index (χ1v) is 7.75. The van der Waals surface area contributed by atoms with Crippen LogP contribution < -0.4 is 4.72 Å². The van der Waals surface area contributed by atoms with Crippen molar-refractivity contribution in [3.63, 3.8) is 0 Å². The molecule has 1 aromatic carbocycles. The molecule has 21 heavy (non-hydrogen) atoms. The number of aromatic nitrogens is 2. The lowest BCUT2D eigenvalue weighted by Gasteiger charge is -2.07. The van der Waals surface area contributed by atoms with Crippen LogP contribution >= 0.6 is 0 Å². The summed E-state index contributed by atoms with van der Waals surface area (Å²) >= 11 is 0. The molecule has 0 aliphatic heterocycles. The molecule has 110 valence electrons. The molecule has 7 heteroatoms. The summed E-state index contributed by atoms with van der Waals surface area (Å²) in [5, 5.41) is 8.60. The van der Waals surface area contributed by atoms with Crippen molar-refractivity contribution in [2.45, 2.75) is 11.4 Å². The molecule has 6 nitrogen and oxygen atoms in total. The second-order valence-electron chi connectivity index (χ2n) is 4.18. The summed E-state index contributed by atoms with van der Waals surface area (Å²) < 4.78 is 28.5. The van der Waals surface area contributed by atoms with E-state index < -0.39 is 10.0 Å². The topological polar surface area (TPSA) is 84.2 Å². The molecule has 0 saturated heterocycles. The Hall–Kier alpha value is -2.14. The van der Waals surface area contributed by atoms with Crippen LogP contribution in [0.2, 0.25) is 0 Å². The molecular formula is C14H15N3O3S. The van der Waals surface area contributed by atoms with Gasteiger partial charge in [0.05, 0.1) is 11.2 Å². The number of aliphatic hydroxyl groups is 1. The zero-order valence-corrected chi connectivity index (χ0v) is 12.0. The first-order chi connectivity index (χ1) is 10.1. The minimum atomic E-state index is -3.53. The van der Waals surface area contributed by atoms with Gasteiger partial charge in [-0.3, -0.25) is 0 Å². The highest BCUT2D eigenvalue weighted by Crippen LogP contribution is 2.09. The summed E-state index contributed by atoms with van der Waals surface area (Å²) in [6, 6.07) is 6.18. The summed E-state index contributed by atoms with van der Waals surface area (Å²) in [6.07, 6.45) is 5.03. The molecule has 0 atom stereocenters. The van der Waals surface area contributed by atoms with Gasteiger partial charge in [-0.1, -0.05) is 11.8 Å². The molecule has 0 unspecified atom stereocenters. The minimum Gasteiger partial charge on any atom is -0.384 e. The lowest BCUT2D eigenvalue weighted by Crippen LogP contribution is -2.27. The highest BCUT2D eigenvalue weighted by molar-refractivity contribution is 7.89. The number of sulfonamides is 1. The Balaban J connectivity index is 1.98. The van der Waals surface area contributed by atoms with E-state index in [1.165, 1.54) is 12.1 Å². The van der Waals surface area contributed by atoms with Gasteiger partial charge in [0.25, 0.3) is 0 Å². The standard InChI is InChI=1S/C14H15N3O3S/c18-11-1-2-13-3-5-14(6-4-13)21(19,20)16-8-10-17-9-7-15-12-17/h3-7,9,12,16,18H,8,10-11H2. The molecule has 0 saturated carbocycles. The average molecular weight is 305 g/mol. The fourth-order valence-electron chi connectivity index (χ4n) is 1.67. The molecule has 0 fully saturated rings. The molecule has 0 aliphatic carbocycles. The molecule has 0 radical (unpaired) electrons. The van der Waals surface area contributed by atoms with Crippen LogP contribution in [-0.2, 0) is 16.6 Å². The van der Waals surface area contributed by atoms with Gasteiger partial charge in [0.15, 0.2) is 0 Å². The second kappa shape index (κ2) is 7.04. The smallest absolute Gasteiger partial charge is 0.240 e. The highest BCUT2D eigenvalue weighted by atomic mass is 32.2. The largest absolute Gasteiger partial charge is 0.384 e. The second-order valence-corrected chi connectivity index (χ2v) is 5.95. The summed E-state index contributed by atoms with van der Waals surface area (Å²) in [4.78, 5) is 4.07. The monoisotopic (exact) mass is 305 g/mol. The third kappa shape index (κ3) is 4.43. The highest BCUT2D eigenvalue weighted by Gasteiger charge is 2.12. The number of hydrogen-bond donors (Lipinski definition) is 2. The lowest BCUT2D eigenvalue weighted by molar-refractivity contribution is 0.350. The van der Waals surface area contributed by atoms with Crippen molar-refractivity contribution < 1.29 is 13.5 Å². The number of hydrogen-bond acceptors (Lipinski definition) is 4. The average Bonchev–Trinajstić information content (AvgIpc) is 2.98. The van der Waals surface area contributed by atoms with Crippen LogP contribution in [0.15, 0.2) is 47.9 Å². The normalized spacial score (nSPS) is 10.9. The van der Waals surface area contributed by atoms with Crippen molar-refractivity contribution in [3.05, 3.63) is 48.5 Å². The molecule has 2 N–H and O–H groups in total. The molecule has 0 bridgehead atoms. The van der Waals surface area contributed by atoms with Gasteiger partial charge in [0.2, 0.25) is 10.0 Å². The summed E-state index contributed by atoms with van der Waals surface area (Å²) in [5.41, 5.74) is 0.654.